The van der Waals surface area contributed by atoms with Gasteiger partial charge >= 0.3 is 0 Å². The molecule has 0 radical (unpaired) electrons. The Hall–Kier alpha value is 0.190. The van der Waals surface area contributed by atoms with Gasteiger partial charge in [0.1, 0.15) is 5.75 Å². The lowest BCUT2D eigenvalue weighted by Gasteiger charge is -2.15. The fraction of sp³-hybridized carbons (Fsp3) is 0.538. The summed E-state index contributed by atoms with van der Waals surface area (Å²) < 4.78 is 7.41. The van der Waals surface area contributed by atoms with Crippen molar-refractivity contribution in [3.63, 3.8) is 0 Å². The lowest BCUT2D eigenvalue weighted by molar-refractivity contribution is 0.238. The lowest BCUT2D eigenvalue weighted by atomic mass is 10.2. The summed E-state index contributed by atoms with van der Waals surface area (Å²) >= 11 is 7.02. The van der Waals surface area contributed by atoms with Gasteiger partial charge in [-0.05, 0) is 62.9 Å². The number of halogens is 3. The fourth-order valence-corrected chi connectivity index (χ4v) is 3.11. The number of aliphatic hydroxyl groups excluding tert-OH is 1. The molecule has 0 aliphatic carbocycles. The maximum absolute atomic E-state index is 9.13. The Kier molecular flexibility index (Phi) is 10.1. The van der Waals surface area contributed by atoms with Crippen molar-refractivity contribution in [3.8, 4) is 5.75 Å². The van der Waals surface area contributed by atoms with Gasteiger partial charge in [0.15, 0.2) is 0 Å². The van der Waals surface area contributed by atoms with Crippen LogP contribution in [0.1, 0.15) is 25.8 Å². The Bertz CT molecular complexity index is 364. The SMILES string of the molecule is CCOc1c(Br)cc(CNC(CC)CO)cc1Br.Cl. The van der Waals surface area contributed by atoms with E-state index in [9.17, 15) is 0 Å². The highest BCUT2D eigenvalue weighted by Crippen LogP contribution is 2.34. The predicted octanol–water partition coefficient (Wildman–Crippen LogP) is 3.89. The Labute approximate surface area is 137 Å². The zero-order valence-corrected chi connectivity index (χ0v) is 15.1. The molecule has 0 aliphatic rings. The number of hydrogen-bond acceptors (Lipinski definition) is 3. The molecule has 0 fully saturated rings. The quantitative estimate of drug-likeness (QED) is 0.707. The summed E-state index contributed by atoms with van der Waals surface area (Å²) in [5.41, 5.74) is 1.14. The normalized spacial score (nSPS) is 11.8. The largest absolute Gasteiger partial charge is 0.492 e. The highest BCUT2D eigenvalue weighted by molar-refractivity contribution is 9.11. The molecule has 0 aromatic heterocycles. The summed E-state index contributed by atoms with van der Waals surface area (Å²) in [5, 5.41) is 12.4. The van der Waals surface area contributed by atoms with E-state index in [1.54, 1.807) is 0 Å². The minimum atomic E-state index is 0. The first-order valence-electron chi connectivity index (χ1n) is 6.07. The van der Waals surface area contributed by atoms with Gasteiger partial charge in [0, 0.05) is 12.6 Å². The van der Waals surface area contributed by atoms with Crippen LogP contribution in [-0.4, -0.2) is 24.4 Å². The Morgan fingerprint density at radius 2 is 1.84 bits per heavy atom. The van der Waals surface area contributed by atoms with Crippen molar-refractivity contribution >= 4 is 44.3 Å². The molecule has 3 nitrogen and oxygen atoms in total. The summed E-state index contributed by atoms with van der Waals surface area (Å²) in [6.45, 7) is 5.54. The van der Waals surface area contributed by atoms with Crippen molar-refractivity contribution < 1.29 is 9.84 Å². The molecule has 0 aliphatic heterocycles. The number of ether oxygens (including phenoxy) is 1. The zero-order valence-electron chi connectivity index (χ0n) is 11.1. The first-order valence-corrected chi connectivity index (χ1v) is 7.65. The smallest absolute Gasteiger partial charge is 0.147 e. The molecule has 1 aromatic carbocycles. The van der Waals surface area contributed by atoms with Gasteiger partial charge < -0.3 is 15.2 Å². The summed E-state index contributed by atoms with van der Waals surface area (Å²) in [5.74, 6) is 0.829. The van der Waals surface area contributed by atoms with Crippen LogP contribution < -0.4 is 10.1 Å². The van der Waals surface area contributed by atoms with Crippen LogP contribution >= 0.6 is 44.3 Å². The van der Waals surface area contributed by atoms with Gasteiger partial charge in [-0.3, -0.25) is 0 Å². The van der Waals surface area contributed by atoms with E-state index in [4.69, 9.17) is 9.84 Å². The minimum absolute atomic E-state index is 0. The predicted molar refractivity (Wildman–Crippen MR) is 88.3 cm³/mol. The van der Waals surface area contributed by atoms with E-state index in [2.05, 4.69) is 44.1 Å². The van der Waals surface area contributed by atoms with Crippen LogP contribution in [0.5, 0.6) is 5.75 Å². The number of hydrogen-bond donors (Lipinski definition) is 2. The fourth-order valence-electron chi connectivity index (χ4n) is 1.60. The Balaban J connectivity index is 0.00000324. The monoisotopic (exact) mass is 415 g/mol. The molecular formula is C13H20Br2ClNO2. The third-order valence-electron chi connectivity index (χ3n) is 2.65. The standard InChI is InChI=1S/C13H19Br2NO2.ClH/c1-3-10(8-17)16-7-9-5-11(14)13(18-4-2)12(15)6-9;/h5-6,10,16-17H,3-4,7-8H2,1-2H3;1H. The molecule has 0 saturated heterocycles. The molecule has 19 heavy (non-hydrogen) atoms. The van der Waals surface area contributed by atoms with Crippen LogP contribution in [0, 0.1) is 0 Å². The molecule has 1 atom stereocenters. The van der Waals surface area contributed by atoms with E-state index in [1.807, 2.05) is 19.1 Å². The maximum Gasteiger partial charge on any atom is 0.147 e. The third-order valence-corrected chi connectivity index (χ3v) is 3.83. The lowest BCUT2D eigenvalue weighted by Crippen LogP contribution is -2.31. The second-order valence-electron chi connectivity index (χ2n) is 3.99. The van der Waals surface area contributed by atoms with Gasteiger partial charge in [0.05, 0.1) is 22.2 Å². The Morgan fingerprint density at radius 1 is 1.26 bits per heavy atom. The number of rotatable bonds is 7. The van der Waals surface area contributed by atoms with Gasteiger partial charge in [0.2, 0.25) is 0 Å². The summed E-state index contributed by atoms with van der Waals surface area (Å²) in [6, 6.07) is 4.22. The van der Waals surface area contributed by atoms with Gasteiger partial charge in [-0.2, -0.15) is 0 Å². The summed E-state index contributed by atoms with van der Waals surface area (Å²) in [6.07, 6.45) is 0.913. The molecule has 0 heterocycles. The van der Waals surface area contributed by atoms with Crippen LogP contribution in [0.25, 0.3) is 0 Å². The molecule has 1 rings (SSSR count). The van der Waals surface area contributed by atoms with Crippen LogP contribution in [0.3, 0.4) is 0 Å². The molecular weight excluding hydrogens is 397 g/mol. The third kappa shape index (κ3) is 6.00. The van der Waals surface area contributed by atoms with E-state index in [0.29, 0.717) is 6.61 Å². The van der Waals surface area contributed by atoms with Crippen molar-refractivity contribution in [2.75, 3.05) is 13.2 Å². The van der Waals surface area contributed by atoms with Crippen LogP contribution in [0.4, 0.5) is 0 Å². The first kappa shape index (κ1) is 19.2. The highest BCUT2D eigenvalue weighted by Gasteiger charge is 2.09. The van der Waals surface area contributed by atoms with Gasteiger partial charge in [-0.1, -0.05) is 6.92 Å². The average Bonchev–Trinajstić information content (AvgIpc) is 2.35. The molecule has 1 aromatic rings. The molecule has 0 amide bonds. The molecule has 2 N–H and O–H groups in total. The van der Waals surface area contributed by atoms with E-state index in [0.717, 1.165) is 33.2 Å². The summed E-state index contributed by atoms with van der Waals surface area (Å²) in [7, 11) is 0. The van der Waals surface area contributed by atoms with E-state index < -0.39 is 0 Å². The molecule has 110 valence electrons. The van der Waals surface area contributed by atoms with E-state index in [-0.39, 0.29) is 25.1 Å². The number of benzene rings is 1. The van der Waals surface area contributed by atoms with Crippen LogP contribution in [0.15, 0.2) is 21.1 Å². The van der Waals surface area contributed by atoms with Crippen LogP contribution in [-0.2, 0) is 6.54 Å². The van der Waals surface area contributed by atoms with Crippen molar-refractivity contribution in [2.24, 2.45) is 0 Å². The van der Waals surface area contributed by atoms with Gasteiger partial charge in [-0.25, -0.2) is 0 Å². The molecule has 0 saturated carbocycles. The van der Waals surface area contributed by atoms with Crippen molar-refractivity contribution in [2.45, 2.75) is 32.9 Å². The second-order valence-corrected chi connectivity index (χ2v) is 5.70. The Morgan fingerprint density at radius 3 is 2.26 bits per heavy atom. The van der Waals surface area contributed by atoms with Crippen molar-refractivity contribution in [1.29, 1.82) is 0 Å². The van der Waals surface area contributed by atoms with E-state index >= 15 is 0 Å². The summed E-state index contributed by atoms with van der Waals surface area (Å²) in [4.78, 5) is 0. The first-order chi connectivity index (χ1) is 8.62. The molecule has 6 heteroatoms. The van der Waals surface area contributed by atoms with Crippen molar-refractivity contribution in [1.82, 2.24) is 5.32 Å². The van der Waals surface area contributed by atoms with Gasteiger partial charge in [-0.15, -0.1) is 12.4 Å². The zero-order chi connectivity index (χ0) is 13.5. The average molecular weight is 418 g/mol. The van der Waals surface area contributed by atoms with E-state index in [1.165, 1.54) is 0 Å². The number of nitrogens with one attached hydrogen (secondary N) is 1. The van der Waals surface area contributed by atoms with Gasteiger partial charge in [0.25, 0.3) is 0 Å². The topological polar surface area (TPSA) is 41.5 Å². The maximum atomic E-state index is 9.13. The molecule has 0 bridgehead atoms. The number of aliphatic hydroxyl groups is 1. The molecule has 1 unspecified atom stereocenters. The van der Waals surface area contributed by atoms with Crippen molar-refractivity contribution in [3.05, 3.63) is 26.6 Å². The molecule has 0 spiro atoms. The second kappa shape index (κ2) is 10.00. The minimum Gasteiger partial charge on any atom is -0.492 e. The van der Waals surface area contributed by atoms with Crippen LogP contribution in [0.2, 0.25) is 0 Å². The highest BCUT2D eigenvalue weighted by atomic mass is 79.9.